The van der Waals surface area contributed by atoms with Crippen LogP contribution < -0.4 is 5.32 Å². The van der Waals surface area contributed by atoms with E-state index < -0.39 is 4.92 Å². The summed E-state index contributed by atoms with van der Waals surface area (Å²) in [6.45, 7) is 5.72. The van der Waals surface area contributed by atoms with Gasteiger partial charge in [0.05, 0.1) is 4.92 Å². The Bertz CT molecular complexity index is 407. The predicted octanol–water partition coefficient (Wildman–Crippen LogP) is 2.33. The standard InChI is InChI=1S/C12H18N2O3/c1-8-4-5-12(14(16)17)11(6-8)13-10(3)9(2)7-15/h4-6,9-10,13,15H,7H2,1-3H3. The molecule has 2 unspecified atom stereocenters. The average molecular weight is 238 g/mol. The van der Waals surface area contributed by atoms with Gasteiger partial charge < -0.3 is 10.4 Å². The van der Waals surface area contributed by atoms with E-state index in [1.807, 2.05) is 20.8 Å². The number of nitro groups is 1. The summed E-state index contributed by atoms with van der Waals surface area (Å²) >= 11 is 0. The number of aryl methyl sites for hydroxylation is 1. The van der Waals surface area contributed by atoms with Gasteiger partial charge in [-0.2, -0.15) is 0 Å². The van der Waals surface area contributed by atoms with Crippen molar-refractivity contribution in [2.75, 3.05) is 11.9 Å². The summed E-state index contributed by atoms with van der Waals surface area (Å²) in [6, 6.07) is 4.93. The number of hydrogen-bond acceptors (Lipinski definition) is 4. The molecule has 5 nitrogen and oxygen atoms in total. The van der Waals surface area contributed by atoms with Crippen LogP contribution in [0.3, 0.4) is 0 Å². The van der Waals surface area contributed by atoms with Gasteiger partial charge in [0.2, 0.25) is 0 Å². The highest BCUT2D eigenvalue weighted by Crippen LogP contribution is 2.26. The van der Waals surface area contributed by atoms with Crippen molar-refractivity contribution in [1.29, 1.82) is 0 Å². The normalized spacial score (nSPS) is 14.1. The molecular weight excluding hydrogens is 220 g/mol. The summed E-state index contributed by atoms with van der Waals surface area (Å²) in [7, 11) is 0. The average Bonchev–Trinajstić information content (AvgIpc) is 2.27. The molecule has 1 aromatic carbocycles. The quantitative estimate of drug-likeness (QED) is 0.609. The lowest BCUT2D eigenvalue weighted by Crippen LogP contribution is -2.26. The predicted molar refractivity (Wildman–Crippen MR) is 67.2 cm³/mol. The number of aliphatic hydroxyl groups is 1. The van der Waals surface area contributed by atoms with Crippen molar-refractivity contribution < 1.29 is 10.0 Å². The van der Waals surface area contributed by atoms with Gasteiger partial charge in [0, 0.05) is 18.7 Å². The van der Waals surface area contributed by atoms with Crippen LogP contribution in [-0.4, -0.2) is 22.7 Å². The van der Waals surface area contributed by atoms with Gasteiger partial charge in [-0.1, -0.05) is 13.0 Å². The summed E-state index contributed by atoms with van der Waals surface area (Å²) in [6.07, 6.45) is 0. The number of rotatable bonds is 5. The van der Waals surface area contributed by atoms with E-state index in [1.54, 1.807) is 12.1 Å². The molecule has 0 spiro atoms. The maximum Gasteiger partial charge on any atom is 0.292 e. The molecular formula is C12H18N2O3. The molecule has 1 aromatic rings. The molecule has 94 valence electrons. The Kier molecular flexibility index (Phi) is 4.45. The molecule has 0 heterocycles. The van der Waals surface area contributed by atoms with Crippen molar-refractivity contribution in [3.63, 3.8) is 0 Å². The Morgan fingerprint density at radius 1 is 1.47 bits per heavy atom. The van der Waals surface area contributed by atoms with Gasteiger partial charge in [0.15, 0.2) is 0 Å². The Morgan fingerprint density at radius 2 is 2.12 bits per heavy atom. The summed E-state index contributed by atoms with van der Waals surface area (Å²) < 4.78 is 0. The molecule has 0 amide bonds. The fourth-order valence-electron chi connectivity index (χ4n) is 1.47. The Balaban J connectivity index is 2.96. The van der Waals surface area contributed by atoms with E-state index in [0.717, 1.165) is 5.56 Å². The lowest BCUT2D eigenvalue weighted by atomic mass is 10.0. The van der Waals surface area contributed by atoms with Crippen LogP contribution in [0.5, 0.6) is 0 Å². The highest BCUT2D eigenvalue weighted by molar-refractivity contribution is 5.63. The van der Waals surface area contributed by atoms with Crippen molar-refractivity contribution in [3.05, 3.63) is 33.9 Å². The first kappa shape index (κ1) is 13.4. The van der Waals surface area contributed by atoms with Crippen LogP contribution in [0.1, 0.15) is 19.4 Å². The van der Waals surface area contributed by atoms with Crippen LogP contribution in [0.4, 0.5) is 11.4 Å². The maximum atomic E-state index is 10.9. The third-order valence-electron chi connectivity index (χ3n) is 2.87. The van der Waals surface area contributed by atoms with Gasteiger partial charge in [0.25, 0.3) is 5.69 Å². The van der Waals surface area contributed by atoms with Crippen LogP contribution in [0.25, 0.3) is 0 Å². The molecule has 17 heavy (non-hydrogen) atoms. The number of hydrogen-bond donors (Lipinski definition) is 2. The minimum atomic E-state index is -0.405. The molecule has 0 radical (unpaired) electrons. The molecule has 2 atom stereocenters. The van der Waals surface area contributed by atoms with Crippen molar-refractivity contribution >= 4 is 11.4 Å². The van der Waals surface area contributed by atoms with Crippen molar-refractivity contribution in [2.45, 2.75) is 26.8 Å². The Hall–Kier alpha value is -1.62. The monoisotopic (exact) mass is 238 g/mol. The summed E-state index contributed by atoms with van der Waals surface area (Å²) in [5.74, 6) is 0.0371. The zero-order chi connectivity index (χ0) is 13.0. The Morgan fingerprint density at radius 3 is 2.65 bits per heavy atom. The summed E-state index contributed by atoms with van der Waals surface area (Å²) in [5, 5.41) is 23.0. The number of aliphatic hydroxyl groups excluding tert-OH is 1. The molecule has 0 saturated heterocycles. The number of nitrogens with zero attached hydrogens (tertiary/aromatic N) is 1. The van der Waals surface area contributed by atoms with E-state index in [2.05, 4.69) is 5.32 Å². The van der Waals surface area contributed by atoms with Gasteiger partial charge in [-0.15, -0.1) is 0 Å². The molecule has 0 bridgehead atoms. The van der Waals surface area contributed by atoms with Gasteiger partial charge in [-0.3, -0.25) is 10.1 Å². The molecule has 0 aliphatic heterocycles. The number of nitro benzene ring substituents is 1. The van der Waals surface area contributed by atoms with Gasteiger partial charge in [-0.05, 0) is 31.4 Å². The fourth-order valence-corrected chi connectivity index (χ4v) is 1.47. The molecule has 0 aliphatic carbocycles. The molecule has 0 aromatic heterocycles. The largest absolute Gasteiger partial charge is 0.396 e. The molecule has 1 rings (SSSR count). The minimum Gasteiger partial charge on any atom is -0.396 e. The minimum absolute atomic E-state index is 0.0273. The highest BCUT2D eigenvalue weighted by atomic mass is 16.6. The third-order valence-corrected chi connectivity index (χ3v) is 2.87. The first-order valence-corrected chi connectivity index (χ1v) is 5.58. The zero-order valence-corrected chi connectivity index (χ0v) is 10.3. The second kappa shape index (κ2) is 5.63. The molecule has 0 fully saturated rings. The first-order valence-electron chi connectivity index (χ1n) is 5.58. The highest BCUT2D eigenvalue weighted by Gasteiger charge is 2.17. The van der Waals surface area contributed by atoms with E-state index in [-0.39, 0.29) is 24.3 Å². The van der Waals surface area contributed by atoms with E-state index in [0.29, 0.717) is 5.69 Å². The molecule has 5 heteroatoms. The molecule has 2 N–H and O–H groups in total. The second-order valence-electron chi connectivity index (χ2n) is 4.37. The Labute approximate surface area is 101 Å². The van der Waals surface area contributed by atoms with Crippen LogP contribution in [-0.2, 0) is 0 Å². The zero-order valence-electron chi connectivity index (χ0n) is 10.3. The third kappa shape index (κ3) is 3.42. The van der Waals surface area contributed by atoms with Crippen molar-refractivity contribution in [3.8, 4) is 0 Å². The van der Waals surface area contributed by atoms with E-state index >= 15 is 0 Å². The van der Waals surface area contributed by atoms with Crippen LogP contribution in [0.15, 0.2) is 18.2 Å². The van der Waals surface area contributed by atoms with Crippen LogP contribution >= 0.6 is 0 Å². The van der Waals surface area contributed by atoms with Crippen LogP contribution in [0, 0.1) is 23.0 Å². The second-order valence-corrected chi connectivity index (χ2v) is 4.37. The SMILES string of the molecule is Cc1ccc([N+](=O)[O-])c(NC(C)C(C)CO)c1. The molecule has 0 aliphatic rings. The van der Waals surface area contributed by atoms with E-state index in [9.17, 15) is 10.1 Å². The van der Waals surface area contributed by atoms with Gasteiger partial charge in [0.1, 0.15) is 5.69 Å². The number of anilines is 1. The first-order chi connectivity index (χ1) is 7.95. The smallest absolute Gasteiger partial charge is 0.292 e. The maximum absolute atomic E-state index is 10.9. The topological polar surface area (TPSA) is 75.4 Å². The van der Waals surface area contributed by atoms with Crippen molar-refractivity contribution in [2.24, 2.45) is 5.92 Å². The lowest BCUT2D eigenvalue weighted by molar-refractivity contribution is -0.384. The number of benzene rings is 1. The molecule has 0 saturated carbocycles. The van der Waals surface area contributed by atoms with Gasteiger partial charge >= 0.3 is 0 Å². The summed E-state index contributed by atoms with van der Waals surface area (Å²) in [5.41, 5.74) is 1.53. The van der Waals surface area contributed by atoms with E-state index in [4.69, 9.17) is 5.11 Å². The fraction of sp³-hybridized carbons (Fsp3) is 0.500. The lowest BCUT2D eigenvalue weighted by Gasteiger charge is -2.20. The van der Waals surface area contributed by atoms with Crippen molar-refractivity contribution in [1.82, 2.24) is 0 Å². The summed E-state index contributed by atoms with van der Waals surface area (Å²) in [4.78, 5) is 10.5. The van der Waals surface area contributed by atoms with Crippen LogP contribution in [0.2, 0.25) is 0 Å². The van der Waals surface area contributed by atoms with Gasteiger partial charge in [-0.25, -0.2) is 0 Å². The number of nitrogens with one attached hydrogen (secondary N) is 1. The van der Waals surface area contributed by atoms with E-state index in [1.165, 1.54) is 6.07 Å².